The van der Waals surface area contributed by atoms with Gasteiger partial charge in [0.15, 0.2) is 0 Å². The molecule has 5 heteroatoms. The van der Waals surface area contributed by atoms with Crippen molar-refractivity contribution < 1.29 is 12.3 Å². The van der Waals surface area contributed by atoms with Crippen LogP contribution in [-0.4, -0.2) is 28.1 Å². The van der Waals surface area contributed by atoms with Crippen molar-refractivity contribution in [1.29, 1.82) is 0 Å². The second-order valence-corrected chi connectivity index (χ2v) is 4.93. The average molecular weight is 219 g/mol. The summed E-state index contributed by atoms with van der Waals surface area (Å²) in [5.41, 5.74) is 0.372. The average Bonchev–Trinajstić information content (AvgIpc) is 2.01. The van der Waals surface area contributed by atoms with Crippen LogP contribution in [0, 0.1) is 0 Å². The predicted octanol–water partition coefficient (Wildman–Crippen LogP) is 1.80. The first-order chi connectivity index (χ1) is 6.41. The van der Waals surface area contributed by atoms with Crippen LogP contribution in [0.3, 0.4) is 0 Å². The standard InChI is InChI=1S/C9H12F3NSi/c1-13(2)7-8-5-3-4-6-9(8)14(10,11)12/h3-6H,7H2,1-2H3. The molecule has 0 bridgehead atoms. The first-order valence-corrected chi connectivity index (χ1v) is 5.84. The van der Waals surface area contributed by atoms with Crippen LogP contribution in [0.25, 0.3) is 0 Å². The van der Waals surface area contributed by atoms with Crippen LogP contribution in [0.2, 0.25) is 0 Å². The third-order valence-corrected chi connectivity index (χ3v) is 2.91. The van der Waals surface area contributed by atoms with E-state index >= 15 is 0 Å². The zero-order valence-electron chi connectivity index (χ0n) is 8.10. The second kappa shape index (κ2) is 4.14. The minimum atomic E-state index is -5.67. The molecule has 0 aliphatic heterocycles. The van der Waals surface area contributed by atoms with Crippen LogP contribution in [0.15, 0.2) is 24.3 Å². The van der Waals surface area contributed by atoms with Gasteiger partial charge >= 0.3 is 9.08 Å². The number of hydrogen-bond donors (Lipinski definition) is 0. The van der Waals surface area contributed by atoms with Crippen LogP contribution in [0.4, 0.5) is 12.3 Å². The molecule has 0 spiro atoms. The Bertz CT molecular complexity index is 309. The molecule has 0 saturated heterocycles. The molecule has 0 saturated carbocycles. The van der Waals surface area contributed by atoms with Crippen molar-refractivity contribution in [1.82, 2.24) is 4.90 Å². The first-order valence-electron chi connectivity index (χ1n) is 4.21. The summed E-state index contributed by atoms with van der Waals surface area (Å²) in [4.78, 5) is 1.74. The number of benzene rings is 1. The molecular weight excluding hydrogens is 207 g/mol. The molecular formula is C9H12F3NSi. The highest BCUT2D eigenvalue weighted by atomic mass is 28.5. The number of rotatable bonds is 3. The molecule has 0 fully saturated rings. The van der Waals surface area contributed by atoms with Crippen LogP contribution in [0.1, 0.15) is 5.56 Å². The second-order valence-electron chi connectivity index (χ2n) is 3.39. The van der Waals surface area contributed by atoms with E-state index in [9.17, 15) is 12.3 Å². The molecule has 78 valence electrons. The Morgan fingerprint density at radius 1 is 1.14 bits per heavy atom. The highest BCUT2D eigenvalue weighted by Crippen LogP contribution is 2.12. The van der Waals surface area contributed by atoms with Crippen molar-refractivity contribution >= 4 is 14.3 Å². The summed E-state index contributed by atoms with van der Waals surface area (Å²) in [5.74, 6) is 0. The van der Waals surface area contributed by atoms with Gasteiger partial charge in [-0.25, -0.2) is 12.3 Å². The maximum absolute atomic E-state index is 12.6. The van der Waals surface area contributed by atoms with Crippen molar-refractivity contribution in [2.24, 2.45) is 0 Å². The molecule has 0 aliphatic rings. The fourth-order valence-corrected chi connectivity index (χ4v) is 2.09. The number of hydrogen-bond acceptors (Lipinski definition) is 1. The van der Waals surface area contributed by atoms with Crippen molar-refractivity contribution in [3.63, 3.8) is 0 Å². The molecule has 0 amide bonds. The van der Waals surface area contributed by atoms with Gasteiger partial charge in [-0.3, -0.25) is 0 Å². The van der Waals surface area contributed by atoms with Gasteiger partial charge in [0.2, 0.25) is 0 Å². The van der Waals surface area contributed by atoms with E-state index in [2.05, 4.69) is 0 Å². The Labute approximate surface area is 82.7 Å². The van der Waals surface area contributed by atoms with E-state index in [1.165, 1.54) is 18.2 Å². The van der Waals surface area contributed by atoms with Gasteiger partial charge in [0, 0.05) is 11.7 Å². The SMILES string of the molecule is CN(C)Cc1ccccc1[Si](F)(F)F. The van der Waals surface area contributed by atoms with Gasteiger partial charge in [0.25, 0.3) is 0 Å². The zero-order chi connectivity index (χ0) is 10.8. The third-order valence-electron chi connectivity index (χ3n) is 1.81. The molecule has 0 radical (unpaired) electrons. The summed E-state index contributed by atoms with van der Waals surface area (Å²) in [5, 5.41) is -0.409. The molecule has 1 nitrogen and oxygen atoms in total. The lowest BCUT2D eigenvalue weighted by atomic mass is 10.2. The van der Waals surface area contributed by atoms with Crippen molar-refractivity contribution in [2.45, 2.75) is 6.54 Å². The molecule has 0 unspecified atom stereocenters. The molecule has 0 aliphatic carbocycles. The Morgan fingerprint density at radius 2 is 1.71 bits per heavy atom. The fourth-order valence-electron chi connectivity index (χ4n) is 1.28. The highest BCUT2D eigenvalue weighted by molar-refractivity contribution is 6.74. The van der Waals surface area contributed by atoms with Gasteiger partial charge in [-0.2, -0.15) is 0 Å². The Hall–Kier alpha value is -0.813. The van der Waals surface area contributed by atoms with E-state index in [-0.39, 0.29) is 0 Å². The van der Waals surface area contributed by atoms with E-state index in [1.807, 2.05) is 0 Å². The lowest BCUT2D eigenvalue weighted by Crippen LogP contribution is -2.38. The molecule has 14 heavy (non-hydrogen) atoms. The van der Waals surface area contributed by atoms with Crippen LogP contribution in [-0.2, 0) is 6.54 Å². The maximum atomic E-state index is 12.6. The summed E-state index contributed by atoms with van der Waals surface area (Å²) in [6.07, 6.45) is 0. The lowest BCUT2D eigenvalue weighted by Gasteiger charge is -2.14. The monoisotopic (exact) mass is 219 g/mol. The van der Waals surface area contributed by atoms with Crippen molar-refractivity contribution in [2.75, 3.05) is 14.1 Å². The van der Waals surface area contributed by atoms with E-state index < -0.39 is 14.3 Å². The van der Waals surface area contributed by atoms with Gasteiger partial charge in [-0.05, 0) is 19.7 Å². The highest BCUT2D eigenvalue weighted by Gasteiger charge is 2.41. The fraction of sp³-hybridized carbons (Fsp3) is 0.333. The van der Waals surface area contributed by atoms with Crippen LogP contribution < -0.4 is 5.19 Å². The normalized spacial score (nSPS) is 12.1. The van der Waals surface area contributed by atoms with Gasteiger partial charge in [-0.1, -0.05) is 24.3 Å². The van der Waals surface area contributed by atoms with E-state index in [1.54, 1.807) is 25.1 Å². The van der Waals surface area contributed by atoms with Gasteiger partial charge in [-0.15, -0.1) is 0 Å². The molecule has 1 rings (SSSR count). The lowest BCUT2D eigenvalue weighted by molar-refractivity contribution is 0.402. The number of halogens is 3. The van der Waals surface area contributed by atoms with E-state index in [4.69, 9.17) is 0 Å². The quantitative estimate of drug-likeness (QED) is 0.553. The Morgan fingerprint density at radius 3 is 2.21 bits per heavy atom. The molecule has 1 aromatic rings. The Balaban J connectivity index is 3.04. The summed E-state index contributed by atoms with van der Waals surface area (Å²) in [6, 6.07) is 5.79. The van der Waals surface area contributed by atoms with Crippen LogP contribution in [0.5, 0.6) is 0 Å². The largest absolute Gasteiger partial charge is 0.653 e. The smallest absolute Gasteiger partial charge is 0.305 e. The summed E-state index contributed by atoms with van der Waals surface area (Å²) < 4.78 is 37.9. The Kier molecular flexibility index (Phi) is 3.33. The third kappa shape index (κ3) is 2.85. The topological polar surface area (TPSA) is 3.24 Å². The molecule has 1 aromatic carbocycles. The maximum Gasteiger partial charge on any atom is 0.653 e. The minimum absolute atomic E-state index is 0.336. The zero-order valence-corrected chi connectivity index (χ0v) is 9.10. The van der Waals surface area contributed by atoms with E-state index in [0.29, 0.717) is 12.1 Å². The van der Waals surface area contributed by atoms with Gasteiger partial charge in [0.05, 0.1) is 0 Å². The number of nitrogens with zero attached hydrogens (tertiary/aromatic N) is 1. The molecule has 0 atom stereocenters. The summed E-state index contributed by atoms with van der Waals surface area (Å²) in [7, 11) is -2.15. The summed E-state index contributed by atoms with van der Waals surface area (Å²) >= 11 is 0. The molecule has 0 aromatic heterocycles. The van der Waals surface area contributed by atoms with Gasteiger partial charge < -0.3 is 4.90 Å². The summed E-state index contributed by atoms with van der Waals surface area (Å²) in [6.45, 7) is 0.336. The molecule has 0 heterocycles. The van der Waals surface area contributed by atoms with Crippen molar-refractivity contribution in [3.8, 4) is 0 Å². The van der Waals surface area contributed by atoms with Crippen molar-refractivity contribution in [3.05, 3.63) is 29.8 Å². The van der Waals surface area contributed by atoms with Gasteiger partial charge in [0.1, 0.15) is 0 Å². The predicted molar refractivity (Wildman–Crippen MR) is 52.5 cm³/mol. The van der Waals surface area contributed by atoms with E-state index in [0.717, 1.165) is 0 Å². The van der Waals surface area contributed by atoms with Crippen LogP contribution >= 0.6 is 0 Å². The molecule has 0 N–H and O–H groups in total. The first kappa shape index (κ1) is 11.3. The minimum Gasteiger partial charge on any atom is -0.305 e.